The molecule has 2 aliphatic rings. The molecule has 1 amide bonds. The number of carbonyl (C=O) groups excluding carboxylic acids is 1. The third kappa shape index (κ3) is 4.43. The molecule has 0 radical (unpaired) electrons. The van der Waals surface area contributed by atoms with Crippen LogP contribution in [0.2, 0.25) is 0 Å². The Kier molecular flexibility index (Phi) is 7.02. The normalized spacial score (nSPS) is 31.7. The van der Waals surface area contributed by atoms with Crippen LogP contribution in [0.25, 0.3) is 0 Å². The Labute approximate surface area is 117 Å². The molecule has 2 N–H and O–H groups in total. The second kappa shape index (κ2) is 8.00. The molecule has 0 aromatic carbocycles. The predicted molar refractivity (Wildman–Crippen MR) is 77.0 cm³/mol. The van der Waals surface area contributed by atoms with Crippen LogP contribution in [0.15, 0.2) is 0 Å². The fourth-order valence-electron chi connectivity index (χ4n) is 3.12. The summed E-state index contributed by atoms with van der Waals surface area (Å²) in [5.74, 6) is 1.89. The van der Waals surface area contributed by atoms with Crippen LogP contribution in [0, 0.1) is 11.8 Å². The zero-order valence-electron chi connectivity index (χ0n) is 11.4. The van der Waals surface area contributed by atoms with E-state index in [2.05, 4.69) is 17.6 Å². The minimum Gasteiger partial charge on any atom is -0.354 e. The molecule has 4 heteroatoms. The summed E-state index contributed by atoms with van der Waals surface area (Å²) >= 11 is 0. The maximum Gasteiger partial charge on any atom is 0.237 e. The van der Waals surface area contributed by atoms with Gasteiger partial charge in [0, 0.05) is 6.54 Å². The van der Waals surface area contributed by atoms with E-state index in [1.165, 1.54) is 32.1 Å². The lowest BCUT2D eigenvalue weighted by molar-refractivity contribution is -0.123. The highest BCUT2D eigenvalue weighted by molar-refractivity contribution is 5.85. The van der Waals surface area contributed by atoms with Gasteiger partial charge >= 0.3 is 0 Å². The highest BCUT2D eigenvalue weighted by Crippen LogP contribution is 2.30. The molecule has 0 spiro atoms. The van der Waals surface area contributed by atoms with Crippen molar-refractivity contribution in [3.63, 3.8) is 0 Å². The van der Waals surface area contributed by atoms with Gasteiger partial charge in [-0.2, -0.15) is 0 Å². The van der Waals surface area contributed by atoms with E-state index in [0.717, 1.165) is 37.8 Å². The second-order valence-corrected chi connectivity index (χ2v) is 5.69. The largest absolute Gasteiger partial charge is 0.354 e. The van der Waals surface area contributed by atoms with E-state index in [0.29, 0.717) is 0 Å². The molecule has 1 aliphatic heterocycles. The molecule has 0 aromatic heterocycles. The molecular formula is C14H27ClN2O. The molecule has 1 heterocycles. The van der Waals surface area contributed by atoms with E-state index in [1.54, 1.807) is 0 Å². The van der Waals surface area contributed by atoms with Crippen LogP contribution in [0.4, 0.5) is 0 Å². The van der Waals surface area contributed by atoms with Crippen molar-refractivity contribution >= 4 is 18.3 Å². The quantitative estimate of drug-likeness (QED) is 0.827. The third-order valence-electron chi connectivity index (χ3n) is 4.49. The first kappa shape index (κ1) is 15.8. The van der Waals surface area contributed by atoms with Crippen molar-refractivity contribution in [1.82, 2.24) is 10.6 Å². The van der Waals surface area contributed by atoms with Crippen molar-refractivity contribution in [3.05, 3.63) is 0 Å². The van der Waals surface area contributed by atoms with Crippen molar-refractivity contribution in [2.24, 2.45) is 11.8 Å². The summed E-state index contributed by atoms with van der Waals surface area (Å²) in [4.78, 5) is 11.8. The van der Waals surface area contributed by atoms with Crippen LogP contribution in [0.3, 0.4) is 0 Å². The number of hydrogen-bond donors (Lipinski definition) is 2. The molecular weight excluding hydrogens is 248 g/mol. The number of nitrogens with one attached hydrogen (secondary N) is 2. The number of amides is 1. The zero-order valence-corrected chi connectivity index (χ0v) is 12.2. The molecule has 2 fully saturated rings. The predicted octanol–water partition coefficient (Wildman–Crippen LogP) is 2.49. The molecule has 18 heavy (non-hydrogen) atoms. The van der Waals surface area contributed by atoms with Crippen LogP contribution in [-0.4, -0.2) is 25.0 Å². The average molecular weight is 275 g/mol. The molecule has 0 bridgehead atoms. The Bertz CT molecular complexity index is 246. The summed E-state index contributed by atoms with van der Waals surface area (Å²) in [5, 5.41) is 6.37. The van der Waals surface area contributed by atoms with Gasteiger partial charge in [0.05, 0.1) is 6.04 Å². The summed E-state index contributed by atoms with van der Waals surface area (Å²) in [7, 11) is 0. The number of rotatable bonds is 4. The lowest BCUT2D eigenvalue weighted by Gasteiger charge is -2.28. The van der Waals surface area contributed by atoms with Gasteiger partial charge in [0.2, 0.25) is 5.91 Å². The summed E-state index contributed by atoms with van der Waals surface area (Å²) < 4.78 is 0. The molecule has 1 unspecified atom stereocenters. The van der Waals surface area contributed by atoms with Crippen molar-refractivity contribution in [2.75, 3.05) is 13.1 Å². The van der Waals surface area contributed by atoms with E-state index in [-0.39, 0.29) is 24.4 Å². The van der Waals surface area contributed by atoms with Crippen molar-refractivity contribution in [1.29, 1.82) is 0 Å². The Hall–Kier alpha value is -0.280. The van der Waals surface area contributed by atoms with Crippen LogP contribution in [0.5, 0.6) is 0 Å². The fraction of sp³-hybridized carbons (Fsp3) is 0.929. The van der Waals surface area contributed by atoms with E-state index in [4.69, 9.17) is 0 Å². The topological polar surface area (TPSA) is 41.1 Å². The summed E-state index contributed by atoms with van der Waals surface area (Å²) in [5.41, 5.74) is 0. The molecule has 1 aliphatic carbocycles. The van der Waals surface area contributed by atoms with Crippen LogP contribution >= 0.6 is 12.4 Å². The van der Waals surface area contributed by atoms with Gasteiger partial charge in [0.25, 0.3) is 0 Å². The van der Waals surface area contributed by atoms with Gasteiger partial charge in [-0.25, -0.2) is 0 Å². The molecule has 1 saturated carbocycles. The lowest BCUT2D eigenvalue weighted by atomic mass is 9.81. The van der Waals surface area contributed by atoms with Gasteiger partial charge in [-0.1, -0.05) is 26.2 Å². The molecule has 2 rings (SSSR count). The summed E-state index contributed by atoms with van der Waals surface area (Å²) in [6.45, 7) is 4.19. The minimum atomic E-state index is 0. The maximum absolute atomic E-state index is 11.8. The van der Waals surface area contributed by atoms with Crippen LogP contribution in [-0.2, 0) is 4.79 Å². The van der Waals surface area contributed by atoms with Gasteiger partial charge in [0.1, 0.15) is 0 Å². The summed E-state index contributed by atoms with van der Waals surface area (Å²) in [6.07, 6.45) is 8.80. The van der Waals surface area contributed by atoms with E-state index < -0.39 is 0 Å². The first-order valence-electron chi connectivity index (χ1n) is 7.30. The van der Waals surface area contributed by atoms with Crippen molar-refractivity contribution in [2.45, 2.75) is 57.9 Å². The number of hydrogen-bond acceptors (Lipinski definition) is 2. The Balaban J connectivity index is 0.00000162. The maximum atomic E-state index is 11.8. The second-order valence-electron chi connectivity index (χ2n) is 5.69. The number of carbonyl (C=O) groups is 1. The number of halogens is 1. The SMILES string of the molecule is CCC1CCC(CNC(=O)C2CCCN2)CC1.Cl. The zero-order chi connectivity index (χ0) is 12.1. The Morgan fingerprint density at radius 2 is 1.83 bits per heavy atom. The average Bonchev–Trinajstić information content (AvgIpc) is 2.90. The lowest BCUT2D eigenvalue weighted by Crippen LogP contribution is -2.42. The highest BCUT2D eigenvalue weighted by atomic mass is 35.5. The van der Waals surface area contributed by atoms with E-state index >= 15 is 0 Å². The van der Waals surface area contributed by atoms with Gasteiger partial charge in [-0.3, -0.25) is 4.79 Å². The van der Waals surface area contributed by atoms with Crippen LogP contribution in [0.1, 0.15) is 51.9 Å². The molecule has 0 aromatic rings. The molecule has 3 nitrogen and oxygen atoms in total. The van der Waals surface area contributed by atoms with Crippen molar-refractivity contribution < 1.29 is 4.79 Å². The standard InChI is InChI=1S/C14H26N2O.ClH/c1-2-11-5-7-12(8-6-11)10-16-14(17)13-4-3-9-15-13;/h11-13,15H,2-10H2,1H3,(H,16,17);1H. The molecule has 106 valence electrons. The van der Waals surface area contributed by atoms with Gasteiger partial charge in [-0.15, -0.1) is 12.4 Å². The first-order valence-corrected chi connectivity index (χ1v) is 7.30. The van der Waals surface area contributed by atoms with Gasteiger partial charge in [-0.05, 0) is 44.1 Å². The third-order valence-corrected chi connectivity index (χ3v) is 4.49. The summed E-state index contributed by atoms with van der Waals surface area (Å²) in [6, 6.07) is 0.0852. The van der Waals surface area contributed by atoms with Crippen molar-refractivity contribution in [3.8, 4) is 0 Å². The van der Waals surface area contributed by atoms with E-state index in [9.17, 15) is 4.79 Å². The minimum absolute atomic E-state index is 0. The monoisotopic (exact) mass is 274 g/mol. The fourth-order valence-corrected chi connectivity index (χ4v) is 3.12. The highest BCUT2D eigenvalue weighted by Gasteiger charge is 2.24. The Morgan fingerprint density at radius 3 is 2.39 bits per heavy atom. The van der Waals surface area contributed by atoms with Gasteiger partial charge < -0.3 is 10.6 Å². The smallest absolute Gasteiger partial charge is 0.237 e. The molecule has 1 saturated heterocycles. The van der Waals surface area contributed by atoms with Crippen LogP contribution < -0.4 is 10.6 Å². The van der Waals surface area contributed by atoms with E-state index in [1.807, 2.05) is 0 Å². The molecule has 1 atom stereocenters. The Morgan fingerprint density at radius 1 is 1.17 bits per heavy atom. The van der Waals surface area contributed by atoms with Gasteiger partial charge in [0.15, 0.2) is 0 Å². The first-order chi connectivity index (χ1) is 8.29.